The Morgan fingerprint density at radius 2 is 2.36 bits per heavy atom. The summed E-state index contributed by atoms with van der Waals surface area (Å²) in [5, 5.41) is 15.5. The van der Waals surface area contributed by atoms with E-state index in [4.69, 9.17) is 5.11 Å². The van der Waals surface area contributed by atoms with Gasteiger partial charge in [0.1, 0.15) is 0 Å². The van der Waals surface area contributed by atoms with E-state index in [1.165, 1.54) is 0 Å². The number of hydrogen-bond acceptors (Lipinski definition) is 3. The molecule has 0 amide bonds. The van der Waals surface area contributed by atoms with Gasteiger partial charge in [-0.3, -0.25) is 0 Å². The Kier molecular flexibility index (Phi) is 3.83. The Morgan fingerprint density at radius 3 is 2.91 bits per heavy atom. The average molecular weight is 158 g/mol. The molecule has 0 aliphatic carbocycles. The van der Waals surface area contributed by atoms with Crippen LogP contribution in [0.3, 0.4) is 0 Å². The Bertz CT molecular complexity index is 102. The largest absolute Gasteiger partial charge is 0.396 e. The van der Waals surface area contributed by atoms with Crippen molar-refractivity contribution < 1.29 is 5.11 Å². The van der Waals surface area contributed by atoms with E-state index in [-0.39, 0.29) is 0 Å². The van der Waals surface area contributed by atoms with Gasteiger partial charge in [0, 0.05) is 32.3 Å². The summed E-state index contributed by atoms with van der Waals surface area (Å²) in [5.41, 5.74) is 0. The molecule has 66 valence electrons. The molecule has 1 heterocycles. The molecule has 1 fully saturated rings. The fraction of sp³-hybridized carbons (Fsp3) is 1.00. The van der Waals surface area contributed by atoms with Crippen LogP contribution in [-0.4, -0.2) is 37.4 Å². The third-order valence-electron chi connectivity index (χ3n) is 2.34. The Labute approximate surface area is 68.2 Å². The van der Waals surface area contributed by atoms with E-state index in [9.17, 15) is 0 Å². The summed E-state index contributed by atoms with van der Waals surface area (Å²) in [6.07, 6.45) is 0.902. The molecule has 1 aliphatic rings. The maximum Gasteiger partial charge on any atom is 0.0434 e. The summed E-state index contributed by atoms with van der Waals surface area (Å²) in [7, 11) is 0. The van der Waals surface area contributed by atoms with Crippen LogP contribution in [0.4, 0.5) is 0 Å². The molecule has 3 N–H and O–H groups in total. The van der Waals surface area contributed by atoms with Crippen molar-refractivity contribution in [2.45, 2.75) is 19.4 Å². The molecule has 2 atom stereocenters. The summed E-state index contributed by atoms with van der Waals surface area (Å²) in [6.45, 7) is 5.66. The molecule has 1 saturated heterocycles. The molecule has 0 bridgehead atoms. The third kappa shape index (κ3) is 2.77. The lowest BCUT2D eigenvalue weighted by atomic mass is 9.97. The first-order chi connectivity index (χ1) is 5.34. The van der Waals surface area contributed by atoms with Crippen LogP contribution in [0.5, 0.6) is 0 Å². The van der Waals surface area contributed by atoms with E-state index in [2.05, 4.69) is 17.6 Å². The van der Waals surface area contributed by atoms with Crippen LogP contribution in [0.15, 0.2) is 0 Å². The SMILES string of the molecule is CC(CCO)C1CNCCN1. The zero-order chi connectivity index (χ0) is 8.10. The number of piperazine rings is 1. The molecule has 0 radical (unpaired) electrons. The van der Waals surface area contributed by atoms with E-state index in [1.807, 2.05) is 0 Å². The number of aliphatic hydroxyl groups is 1. The van der Waals surface area contributed by atoms with Gasteiger partial charge in [0.15, 0.2) is 0 Å². The molecule has 1 aliphatic heterocycles. The second kappa shape index (κ2) is 4.70. The normalized spacial score (nSPS) is 28.4. The van der Waals surface area contributed by atoms with E-state index >= 15 is 0 Å². The number of hydrogen-bond donors (Lipinski definition) is 3. The fourth-order valence-electron chi connectivity index (χ4n) is 1.48. The lowest BCUT2D eigenvalue weighted by Gasteiger charge is -2.29. The molecule has 11 heavy (non-hydrogen) atoms. The summed E-state index contributed by atoms with van der Waals surface area (Å²) in [4.78, 5) is 0. The van der Waals surface area contributed by atoms with Crippen molar-refractivity contribution in [3.63, 3.8) is 0 Å². The van der Waals surface area contributed by atoms with Crippen molar-refractivity contribution in [1.29, 1.82) is 0 Å². The van der Waals surface area contributed by atoms with Crippen molar-refractivity contribution in [3.8, 4) is 0 Å². The monoisotopic (exact) mass is 158 g/mol. The van der Waals surface area contributed by atoms with Gasteiger partial charge in [-0.15, -0.1) is 0 Å². The van der Waals surface area contributed by atoms with Crippen molar-refractivity contribution in [2.75, 3.05) is 26.2 Å². The quantitative estimate of drug-likeness (QED) is 0.522. The second-order valence-electron chi connectivity index (χ2n) is 3.25. The Morgan fingerprint density at radius 1 is 1.55 bits per heavy atom. The Hall–Kier alpha value is -0.120. The molecule has 0 spiro atoms. The third-order valence-corrected chi connectivity index (χ3v) is 2.34. The summed E-state index contributed by atoms with van der Waals surface area (Å²) in [5.74, 6) is 0.577. The van der Waals surface area contributed by atoms with Gasteiger partial charge in [-0.1, -0.05) is 6.92 Å². The van der Waals surface area contributed by atoms with E-state index in [1.54, 1.807) is 0 Å². The molecule has 3 heteroatoms. The van der Waals surface area contributed by atoms with E-state index in [0.29, 0.717) is 18.6 Å². The molecule has 3 nitrogen and oxygen atoms in total. The van der Waals surface area contributed by atoms with Crippen molar-refractivity contribution in [3.05, 3.63) is 0 Å². The van der Waals surface area contributed by atoms with Crippen LogP contribution < -0.4 is 10.6 Å². The van der Waals surface area contributed by atoms with Gasteiger partial charge in [0.05, 0.1) is 0 Å². The fourth-order valence-corrected chi connectivity index (χ4v) is 1.48. The predicted octanol–water partition coefficient (Wildman–Crippen LogP) is -0.434. The highest BCUT2D eigenvalue weighted by Gasteiger charge is 2.17. The lowest BCUT2D eigenvalue weighted by Crippen LogP contribution is -2.51. The maximum atomic E-state index is 8.72. The van der Waals surface area contributed by atoms with E-state index < -0.39 is 0 Å². The smallest absolute Gasteiger partial charge is 0.0434 e. The molecule has 0 aromatic rings. The molecule has 2 unspecified atom stereocenters. The highest BCUT2D eigenvalue weighted by molar-refractivity contribution is 4.79. The van der Waals surface area contributed by atoms with Gasteiger partial charge in [0.2, 0.25) is 0 Å². The summed E-state index contributed by atoms with van der Waals surface area (Å²) < 4.78 is 0. The van der Waals surface area contributed by atoms with Crippen LogP contribution in [0.2, 0.25) is 0 Å². The minimum atomic E-state index is 0.305. The first-order valence-electron chi connectivity index (χ1n) is 4.39. The zero-order valence-corrected chi connectivity index (χ0v) is 7.14. The van der Waals surface area contributed by atoms with Gasteiger partial charge in [0.25, 0.3) is 0 Å². The molecular weight excluding hydrogens is 140 g/mol. The highest BCUT2D eigenvalue weighted by atomic mass is 16.3. The van der Waals surface area contributed by atoms with Crippen LogP contribution >= 0.6 is 0 Å². The van der Waals surface area contributed by atoms with Crippen molar-refractivity contribution >= 4 is 0 Å². The zero-order valence-electron chi connectivity index (χ0n) is 7.14. The molecule has 0 saturated carbocycles. The lowest BCUT2D eigenvalue weighted by molar-refractivity contribution is 0.229. The first-order valence-corrected chi connectivity index (χ1v) is 4.39. The predicted molar refractivity (Wildman–Crippen MR) is 45.5 cm³/mol. The topological polar surface area (TPSA) is 44.3 Å². The van der Waals surface area contributed by atoms with Gasteiger partial charge < -0.3 is 15.7 Å². The first kappa shape index (κ1) is 8.97. The highest BCUT2D eigenvalue weighted by Crippen LogP contribution is 2.07. The Balaban J connectivity index is 2.21. The maximum absolute atomic E-state index is 8.72. The van der Waals surface area contributed by atoms with Crippen molar-refractivity contribution in [1.82, 2.24) is 10.6 Å². The standard InChI is InChI=1S/C8H18N2O/c1-7(2-5-11)8-6-9-3-4-10-8/h7-11H,2-6H2,1H3. The summed E-state index contributed by atoms with van der Waals surface area (Å²) >= 11 is 0. The molecule has 0 aromatic heterocycles. The van der Waals surface area contributed by atoms with Crippen molar-refractivity contribution in [2.24, 2.45) is 5.92 Å². The van der Waals surface area contributed by atoms with Crippen LogP contribution in [-0.2, 0) is 0 Å². The van der Waals surface area contributed by atoms with Gasteiger partial charge in [-0.05, 0) is 12.3 Å². The second-order valence-corrected chi connectivity index (χ2v) is 3.25. The molecule has 0 aromatic carbocycles. The van der Waals surface area contributed by atoms with Gasteiger partial charge >= 0.3 is 0 Å². The van der Waals surface area contributed by atoms with Crippen LogP contribution in [0, 0.1) is 5.92 Å². The summed E-state index contributed by atoms with van der Waals surface area (Å²) in [6, 6.07) is 0.552. The number of rotatable bonds is 3. The van der Waals surface area contributed by atoms with Crippen LogP contribution in [0.25, 0.3) is 0 Å². The number of nitrogens with one attached hydrogen (secondary N) is 2. The minimum Gasteiger partial charge on any atom is -0.396 e. The number of aliphatic hydroxyl groups excluding tert-OH is 1. The van der Waals surface area contributed by atoms with Crippen LogP contribution in [0.1, 0.15) is 13.3 Å². The molecular formula is C8H18N2O. The average Bonchev–Trinajstić information content (AvgIpc) is 2.07. The van der Waals surface area contributed by atoms with Gasteiger partial charge in [-0.25, -0.2) is 0 Å². The minimum absolute atomic E-state index is 0.305. The molecule has 1 rings (SSSR count). The van der Waals surface area contributed by atoms with Gasteiger partial charge in [-0.2, -0.15) is 0 Å². The van der Waals surface area contributed by atoms with E-state index in [0.717, 1.165) is 26.1 Å².